The maximum atomic E-state index is 10.5. The summed E-state index contributed by atoms with van der Waals surface area (Å²) in [5, 5.41) is -2.39. The summed E-state index contributed by atoms with van der Waals surface area (Å²) in [6, 6.07) is 14.7. The zero-order valence-corrected chi connectivity index (χ0v) is 32.7. The van der Waals surface area contributed by atoms with Crippen molar-refractivity contribution in [2.45, 2.75) is 0 Å². The summed E-state index contributed by atoms with van der Waals surface area (Å²) in [7, 11) is 0. The molecule has 0 spiro atoms. The Labute approximate surface area is 395 Å². The zero-order chi connectivity index (χ0) is 60.6. The first kappa shape index (κ1) is 20.0. The van der Waals surface area contributed by atoms with Gasteiger partial charge in [0.15, 0.2) is 0 Å². The lowest BCUT2D eigenvalue weighted by atomic mass is 9.95. The van der Waals surface area contributed by atoms with E-state index in [1.54, 1.807) is 12.1 Å². The van der Waals surface area contributed by atoms with Gasteiger partial charge < -0.3 is 13.7 Å². The monoisotopic (exact) mass is 823 g/mol. The van der Waals surface area contributed by atoms with Crippen molar-refractivity contribution in [3.63, 3.8) is 0 Å². The first-order valence-electron chi connectivity index (χ1n) is 30.9. The molecule has 0 fully saturated rings. The highest BCUT2D eigenvalue weighted by Crippen LogP contribution is 2.42. The molecule has 294 valence electrons. The largest absolute Gasteiger partial charge is 0.309 e. The van der Waals surface area contributed by atoms with E-state index in [1.807, 2.05) is 91.0 Å². The standard InChI is InChI=1S/C60H39N3/c1-3-17-40(18-4-1)42-21-15-22-43(35-42)45-36-44(41-19-5-2-6-20-41)37-47(38-45)62-53-27-11-7-25-50(53)51-34-33-46(39-59(51)62)61-56-30-14-10-26-52(56)60-57(61)31-16-32-58(60)63-54-28-12-8-23-48(54)49-24-9-13-29-55(49)63/h1-39H/i7D,8D,9D,10D,11D,12D,13D,14D,16D,23D,24D,25D,26D,27D,28D,29D,30D,31D,32D,33D,34D,39D. The second kappa shape index (κ2) is 14.1. The van der Waals surface area contributed by atoms with Gasteiger partial charge in [-0.3, -0.25) is 0 Å². The van der Waals surface area contributed by atoms with Gasteiger partial charge in [-0.05, 0) is 106 Å². The van der Waals surface area contributed by atoms with Crippen LogP contribution in [0.3, 0.4) is 0 Å². The van der Waals surface area contributed by atoms with E-state index < -0.39 is 188 Å². The molecule has 0 saturated carbocycles. The van der Waals surface area contributed by atoms with Gasteiger partial charge >= 0.3 is 0 Å². The molecule has 0 N–H and O–H groups in total. The van der Waals surface area contributed by atoms with E-state index in [0.717, 1.165) is 31.4 Å². The van der Waals surface area contributed by atoms with Crippen LogP contribution in [0.4, 0.5) is 0 Å². The van der Waals surface area contributed by atoms with Crippen LogP contribution in [0.25, 0.3) is 116 Å². The van der Waals surface area contributed by atoms with Gasteiger partial charge in [-0.25, -0.2) is 0 Å². The number of para-hydroxylation sites is 4. The molecule has 0 radical (unpaired) electrons. The van der Waals surface area contributed by atoms with Crippen LogP contribution in [0.5, 0.6) is 0 Å². The smallest absolute Gasteiger partial charge is 0.0667 e. The topological polar surface area (TPSA) is 14.8 Å². The van der Waals surface area contributed by atoms with Crippen molar-refractivity contribution in [2.75, 3.05) is 0 Å². The number of aromatic nitrogens is 3. The average molecular weight is 824 g/mol. The first-order chi connectivity index (χ1) is 40.4. The molecule has 13 rings (SSSR count). The molecule has 3 heteroatoms. The molecule has 3 heterocycles. The summed E-state index contributed by atoms with van der Waals surface area (Å²) in [6.45, 7) is 0. The molecule has 13 aromatic rings. The number of rotatable bonds is 6. The Morgan fingerprint density at radius 3 is 1.37 bits per heavy atom. The van der Waals surface area contributed by atoms with Crippen LogP contribution in [0.1, 0.15) is 30.2 Å². The molecule has 63 heavy (non-hydrogen) atoms. The van der Waals surface area contributed by atoms with E-state index in [0.29, 0.717) is 11.1 Å². The van der Waals surface area contributed by atoms with Crippen molar-refractivity contribution in [2.24, 2.45) is 0 Å². The molecule has 0 atom stereocenters. The van der Waals surface area contributed by atoms with E-state index in [-0.39, 0.29) is 27.5 Å². The van der Waals surface area contributed by atoms with Gasteiger partial charge in [0.25, 0.3) is 0 Å². The van der Waals surface area contributed by atoms with Gasteiger partial charge in [-0.1, -0.05) is 163 Å². The molecule has 0 bridgehead atoms. The summed E-state index contributed by atoms with van der Waals surface area (Å²) in [6.07, 6.45) is 0. The molecule has 0 amide bonds. The molecule has 0 saturated heterocycles. The van der Waals surface area contributed by atoms with Crippen LogP contribution in [0.2, 0.25) is 0 Å². The first-order valence-corrected chi connectivity index (χ1v) is 19.9. The fraction of sp³-hybridized carbons (Fsp3) is 0. The minimum absolute atomic E-state index is 0.200. The highest BCUT2D eigenvalue weighted by molar-refractivity contribution is 6.17. The van der Waals surface area contributed by atoms with Crippen LogP contribution in [0.15, 0.2) is 236 Å². The summed E-state index contributed by atoms with van der Waals surface area (Å²) in [4.78, 5) is 0. The number of fused-ring (bicyclic) bond motifs is 9. The Morgan fingerprint density at radius 1 is 0.286 bits per heavy atom. The SMILES string of the molecule is [2H]c1c([2H])c([2H])c2c(c1[2H])c1c([2H])c([2H])c(-n3c4c([2H])c([2H])c([2H])c([2H])c4c4c(-n5c6c([2H])c([2H])c([2H])c([2H])c6c6c([2H])c([2H])c([2H])c([2H])c65)c([2H])c([2H])c([2H])c43)c([2H])c1n2-c1cc(-c2ccccc2)cc(-c2cccc(-c3ccccc3)c2)c1. The van der Waals surface area contributed by atoms with E-state index in [1.165, 1.54) is 4.57 Å². The third-order valence-corrected chi connectivity index (χ3v) is 11.4. The van der Waals surface area contributed by atoms with E-state index in [2.05, 4.69) is 0 Å². The molecule has 0 unspecified atom stereocenters. The highest BCUT2D eigenvalue weighted by Gasteiger charge is 2.21. The van der Waals surface area contributed by atoms with Crippen molar-refractivity contribution >= 4 is 65.4 Å². The third kappa shape index (κ3) is 5.53. The number of nitrogens with zero attached hydrogens (tertiary/aromatic N) is 3. The number of hydrogen-bond acceptors (Lipinski definition) is 0. The zero-order valence-electron chi connectivity index (χ0n) is 54.7. The van der Waals surface area contributed by atoms with Gasteiger partial charge in [0.2, 0.25) is 0 Å². The molecule has 3 nitrogen and oxygen atoms in total. The Morgan fingerprint density at radius 2 is 0.730 bits per heavy atom. The minimum Gasteiger partial charge on any atom is -0.309 e. The Bertz CT molecular complexity index is 5130. The molecule has 10 aromatic carbocycles. The fourth-order valence-electron chi connectivity index (χ4n) is 8.68. The fourth-order valence-corrected chi connectivity index (χ4v) is 8.68. The van der Waals surface area contributed by atoms with Crippen molar-refractivity contribution in [3.8, 4) is 50.4 Å². The van der Waals surface area contributed by atoms with E-state index >= 15 is 0 Å². The van der Waals surface area contributed by atoms with Crippen LogP contribution in [0, 0.1) is 0 Å². The highest BCUT2D eigenvalue weighted by atomic mass is 15.0. The van der Waals surface area contributed by atoms with E-state index in [9.17, 15) is 16.4 Å². The molecular weight excluding hydrogens is 763 g/mol. The Hall–Kier alpha value is -8.40. The van der Waals surface area contributed by atoms with Gasteiger partial charge in [-0.15, -0.1) is 0 Å². The number of benzene rings is 10. The van der Waals surface area contributed by atoms with Crippen molar-refractivity contribution in [1.82, 2.24) is 13.7 Å². The molecule has 0 aliphatic heterocycles. The summed E-state index contributed by atoms with van der Waals surface area (Å²) in [5.41, 5.74) is 0.705. The average Bonchev–Trinajstić information content (AvgIpc) is 1.58. The van der Waals surface area contributed by atoms with E-state index in [4.69, 9.17) is 13.7 Å². The molecular formula is C60H39N3. The lowest BCUT2D eigenvalue weighted by Gasteiger charge is -2.15. The lowest BCUT2D eigenvalue weighted by molar-refractivity contribution is 1.15. The quantitative estimate of drug-likeness (QED) is 0.159. The van der Waals surface area contributed by atoms with Crippen molar-refractivity contribution < 1.29 is 30.2 Å². The van der Waals surface area contributed by atoms with Crippen molar-refractivity contribution in [3.05, 3.63) is 236 Å². The Balaban J connectivity index is 1.25. The summed E-state index contributed by atoms with van der Waals surface area (Å²) >= 11 is 0. The summed E-state index contributed by atoms with van der Waals surface area (Å²) < 4.78 is 209. The number of hydrogen-bond donors (Lipinski definition) is 0. The predicted octanol–water partition coefficient (Wildman–Crippen LogP) is 16.0. The molecule has 0 aliphatic carbocycles. The van der Waals surface area contributed by atoms with Gasteiger partial charge in [0.1, 0.15) is 0 Å². The van der Waals surface area contributed by atoms with Gasteiger partial charge in [-0.2, -0.15) is 0 Å². The second-order valence-electron chi connectivity index (χ2n) is 14.9. The van der Waals surface area contributed by atoms with Crippen LogP contribution in [-0.4, -0.2) is 13.7 Å². The van der Waals surface area contributed by atoms with Gasteiger partial charge in [0, 0.05) is 43.7 Å². The maximum absolute atomic E-state index is 10.5. The van der Waals surface area contributed by atoms with Gasteiger partial charge in [0.05, 0.1) is 68.9 Å². The minimum atomic E-state index is -0.942. The second-order valence-corrected chi connectivity index (χ2v) is 14.9. The summed E-state index contributed by atoms with van der Waals surface area (Å²) in [5.74, 6) is 0. The predicted molar refractivity (Wildman–Crippen MR) is 266 cm³/mol. The lowest BCUT2D eigenvalue weighted by Crippen LogP contribution is -1.98. The molecule has 0 aliphatic rings. The van der Waals surface area contributed by atoms with Crippen LogP contribution >= 0.6 is 0 Å². The van der Waals surface area contributed by atoms with Crippen molar-refractivity contribution in [1.29, 1.82) is 0 Å². The van der Waals surface area contributed by atoms with Crippen LogP contribution in [-0.2, 0) is 0 Å². The third-order valence-electron chi connectivity index (χ3n) is 11.4. The Kier molecular flexibility index (Phi) is 4.47. The van der Waals surface area contributed by atoms with Crippen LogP contribution < -0.4 is 0 Å². The normalized spacial score (nSPS) is 16.7. The molecule has 3 aromatic heterocycles. The maximum Gasteiger partial charge on any atom is 0.0667 e.